The number of hydrogen-bond donors (Lipinski definition) is 3. The largest absolute Gasteiger partial charge is 0.340 e. The van der Waals surface area contributed by atoms with Crippen LogP contribution in [0.15, 0.2) is 18.2 Å². The minimum absolute atomic E-state index is 0.467. The molecule has 6 nitrogen and oxygen atoms in total. The number of nitrogens with one attached hydrogen (secondary N) is 3. The predicted octanol–water partition coefficient (Wildman–Crippen LogP) is 0.699. The number of carbonyl (C=O) groups is 2. The number of aromatic nitrogens is 2. The van der Waals surface area contributed by atoms with Crippen LogP contribution < -0.4 is 10.6 Å². The molecule has 0 aliphatic carbocycles. The summed E-state index contributed by atoms with van der Waals surface area (Å²) < 4.78 is 0. The molecule has 2 amide bonds. The first-order valence-corrected chi connectivity index (χ1v) is 4.23. The molecule has 0 aliphatic heterocycles. The van der Waals surface area contributed by atoms with Gasteiger partial charge in [-0.2, -0.15) is 0 Å². The first kappa shape index (κ1) is 9.20. The van der Waals surface area contributed by atoms with Crippen LogP contribution in [0.25, 0.3) is 11.0 Å². The Kier molecular flexibility index (Phi) is 2.32. The van der Waals surface area contributed by atoms with E-state index in [2.05, 4.69) is 20.6 Å². The van der Waals surface area contributed by atoms with Crippen molar-refractivity contribution < 1.29 is 9.59 Å². The summed E-state index contributed by atoms with van der Waals surface area (Å²) in [6.07, 6.45) is 1.14. The number of aromatic amines is 1. The van der Waals surface area contributed by atoms with E-state index >= 15 is 0 Å². The predicted molar refractivity (Wildman–Crippen MR) is 55.5 cm³/mol. The van der Waals surface area contributed by atoms with Gasteiger partial charge in [-0.25, -0.2) is 4.98 Å². The van der Waals surface area contributed by atoms with Gasteiger partial charge in [0.2, 0.25) is 12.8 Å². The van der Waals surface area contributed by atoms with Gasteiger partial charge in [0.25, 0.3) is 0 Å². The van der Waals surface area contributed by atoms with Gasteiger partial charge in [-0.1, -0.05) is 0 Å². The Balaban J connectivity index is 2.42. The molecule has 2 aromatic heterocycles. The fourth-order valence-electron chi connectivity index (χ4n) is 1.29. The van der Waals surface area contributed by atoms with Gasteiger partial charge in [0.05, 0.1) is 11.0 Å². The summed E-state index contributed by atoms with van der Waals surface area (Å²) in [7, 11) is 0. The second kappa shape index (κ2) is 3.79. The van der Waals surface area contributed by atoms with Gasteiger partial charge in [-0.05, 0) is 12.1 Å². The van der Waals surface area contributed by atoms with Crippen molar-refractivity contribution in [3.05, 3.63) is 18.2 Å². The Morgan fingerprint density at radius 3 is 2.73 bits per heavy atom. The minimum Gasteiger partial charge on any atom is -0.340 e. The molecular formula is C9H8N4O2. The number of amides is 2. The van der Waals surface area contributed by atoms with Crippen molar-refractivity contribution in [1.29, 1.82) is 0 Å². The summed E-state index contributed by atoms with van der Waals surface area (Å²) in [4.78, 5) is 27.5. The zero-order chi connectivity index (χ0) is 10.7. The number of hydrogen-bond acceptors (Lipinski definition) is 3. The molecule has 0 fully saturated rings. The number of fused-ring (bicyclic) bond motifs is 1. The van der Waals surface area contributed by atoms with E-state index in [1.165, 1.54) is 0 Å². The van der Waals surface area contributed by atoms with Crippen LogP contribution >= 0.6 is 0 Å². The molecule has 15 heavy (non-hydrogen) atoms. The summed E-state index contributed by atoms with van der Waals surface area (Å²) >= 11 is 0. The van der Waals surface area contributed by atoms with Crippen molar-refractivity contribution in [3.63, 3.8) is 0 Å². The lowest BCUT2D eigenvalue weighted by Gasteiger charge is -1.95. The molecule has 2 aromatic rings. The third-order valence-electron chi connectivity index (χ3n) is 1.90. The quantitative estimate of drug-likeness (QED) is 0.640. The highest BCUT2D eigenvalue weighted by Crippen LogP contribution is 2.18. The van der Waals surface area contributed by atoms with Gasteiger partial charge in [-0.3, -0.25) is 9.59 Å². The minimum atomic E-state index is 0.467. The molecule has 0 radical (unpaired) electrons. The standard InChI is InChI=1S/C9H8N4O2/c14-4-10-8-2-1-6-7(13-8)3-9(12-6)11-5-15/h1-5,12H,(H,11,15)(H,10,13,14). The monoisotopic (exact) mass is 204 g/mol. The lowest BCUT2D eigenvalue weighted by molar-refractivity contribution is -0.106. The van der Waals surface area contributed by atoms with E-state index < -0.39 is 0 Å². The molecule has 2 heterocycles. The summed E-state index contributed by atoms with van der Waals surface area (Å²) in [5.41, 5.74) is 1.46. The van der Waals surface area contributed by atoms with E-state index in [0.29, 0.717) is 30.0 Å². The molecule has 0 aliphatic rings. The fraction of sp³-hybridized carbons (Fsp3) is 0. The van der Waals surface area contributed by atoms with Crippen molar-refractivity contribution in [2.45, 2.75) is 0 Å². The van der Waals surface area contributed by atoms with Crippen LogP contribution in [-0.4, -0.2) is 22.8 Å². The molecule has 0 unspecified atom stereocenters. The maximum absolute atomic E-state index is 10.2. The van der Waals surface area contributed by atoms with E-state index in [4.69, 9.17) is 0 Å². The summed E-state index contributed by atoms with van der Waals surface area (Å²) in [6.45, 7) is 0. The molecule has 2 rings (SSSR count). The van der Waals surface area contributed by atoms with Gasteiger partial charge in [0.15, 0.2) is 0 Å². The third-order valence-corrected chi connectivity index (χ3v) is 1.90. The van der Waals surface area contributed by atoms with Crippen LogP contribution in [0.1, 0.15) is 0 Å². The number of pyridine rings is 1. The smallest absolute Gasteiger partial charge is 0.212 e. The van der Waals surface area contributed by atoms with Crippen molar-refractivity contribution >= 4 is 35.5 Å². The van der Waals surface area contributed by atoms with Crippen LogP contribution in [0.5, 0.6) is 0 Å². The first-order valence-electron chi connectivity index (χ1n) is 4.23. The number of anilines is 2. The lowest BCUT2D eigenvalue weighted by atomic mass is 10.4. The lowest BCUT2D eigenvalue weighted by Crippen LogP contribution is -1.95. The van der Waals surface area contributed by atoms with Gasteiger partial charge in [0, 0.05) is 6.07 Å². The van der Waals surface area contributed by atoms with Gasteiger partial charge >= 0.3 is 0 Å². The van der Waals surface area contributed by atoms with Gasteiger partial charge in [-0.15, -0.1) is 0 Å². The van der Waals surface area contributed by atoms with E-state index in [-0.39, 0.29) is 0 Å². The van der Waals surface area contributed by atoms with Crippen molar-refractivity contribution in [1.82, 2.24) is 9.97 Å². The highest BCUT2D eigenvalue weighted by molar-refractivity contribution is 5.85. The Morgan fingerprint density at radius 2 is 2.00 bits per heavy atom. The Bertz CT molecular complexity index is 498. The molecule has 6 heteroatoms. The average molecular weight is 204 g/mol. The summed E-state index contributed by atoms with van der Waals surface area (Å²) in [5, 5.41) is 4.93. The molecular weight excluding hydrogens is 196 g/mol. The Morgan fingerprint density at radius 1 is 1.20 bits per heavy atom. The van der Waals surface area contributed by atoms with Gasteiger partial charge < -0.3 is 15.6 Å². The summed E-state index contributed by atoms with van der Waals surface area (Å²) in [5.74, 6) is 1.03. The molecule has 76 valence electrons. The Hall–Kier alpha value is -2.37. The zero-order valence-corrected chi connectivity index (χ0v) is 7.65. The second-order valence-electron chi connectivity index (χ2n) is 2.84. The van der Waals surface area contributed by atoms with Crippen molar-refractivity contribution in [2.24, 2.45) is 0 Å². The topological polar surface area (TPSA) is 86.9 Å². The number of rotatable bonds is 4. The van der Waals surface area contributed by atoms with E-state index in [1.807, 2.05) is 0 Å². The van der Waals surface area contributed by atoms with E-state index in [9.17, 15) is 9.59 Å². The molecule has 3 N–H and O–H groups in total. The maximum atomic E-state index is 10.2. The van der Waals surface area contributed by atoms with Crippen molar-refractivity contribution in [3.8, 4) is 0 Å². The molecule has 0 spiro atoms. The highest BCUT2D eigenvalue weighted by Gasteiger charge is 2.02. The van der Waals surface area contributed by atoms with Crippen molar-refractivity contribution in [2.75, 3.05) is 10.6 Å². The summed E-state index contributed by atoms with van der Waals surface area (Å²) in [6, 6.07) is 5.11. The number of H-pyrrole nitrogens is 1. The average Bonchev–Trinajstić information content (AvgIpc) is 2.60. The van der Waals surface area contributed by atoms with Crippen LogP contribution in [-0.2, 0) is 9.59 Å². The second-order valence-corrected chi connectivity index (χ2v) is 2.84. The van der Waals surface area contributed by atoms with Crippen LogP contribution in [0, 0.1) is 0 Å². The first-order chi connectivity index (χ1) is 7.33. The SMILES string of the molecule is O=CNc1ccc2[nH]c(NC=O)cc2n1. The Labute approximate surface area is 84.7 Å². The zero-order valence-electron chi connectivity index (χ0n) is 7.65. The van der Waals surface area contributed by atoms with Crippen LogP contribution in [0.4, 0.5) is 11.6 Å². The fourth-order valence-corrected chi connectivity index (χ4v) is 1.29. The highest BCUT2D eigenvalue weighted by atomic mass is 16.1. The van der Waals surface area contributed by atoms with Gasteiger partial charge in [0.1, 0.15) is 11.6 Å². The van der Waals surface area contributed by atoms with E-state index in [0.717, 1.165) is 5.52 Å². The van der Waals surface area contributed by atoms with E-state index in [1.54, 1.807) is 18.2 Å². The molecule has 0 saturated heterocycles. The molecule has 0 saturated carbocycles. The van der Waals surface area contributed by atoms with Crippen LogP contribution in [0.3, 0.4) is 0 Å². The molecule has 0 bridgehead atoms. The molecule has 0 atom stereocenters. The normalized spacial score (nSPS) is 9.87. The molecule has 0 aromatic carbocycles. The number of nitrogens with zero attached hydrogens (tertiary/aromatic N) is 1. The van der Waals surface area contributed by atoms with Crippen LogP contribution in [0.2, 0.25) is 0 Å². The number of carbonyl (C=O) groups excluding carboxylic acids is 2. The third kappa shape index (κ3) is 1.78. The maximum Gasteiger partial charge on any atom is 0.212 e.